The van der Waals surface area contributed by atoms with Gasteiger partial charge in [0.15, 0.2) is 0 Å². The molecule has 2 saturated carbocycles. The Hall–Kier alpha value is -1.63. The zero-order chi connectivity index (χ0) is 32.7. The summed E-state index contributed by atoms with van der Waals surface area (Å²) in [7, 11) is -1.54. The predicted molar refractivity (Wildman–Crippen MR) is 170 cm³/mol. The average Bonchev–Trinajstić information content (AvgIpc) is 3.29. The molecule has 5 fully saturated rings. The van der Waals surface area contributed by atoms with E-state index in [1.165, 1.54) is 17.6 Å². The van der Waals surface area contributed by atoms with Crippen LogP contribution in [0.25, 0.3) is 0 Å². The zero-order valence-electron chi connectivity index (χ0n) is 27.8. The molecule has 1 aromatic rings. The lowest BCUT2D eigenvalue weighted by Crippen LogP contribution is -2.55. The van der Waals surface area contributed by atoms with Crippen molar-refractivity contribution < 1.29 is 36.8 Å². The van der Waals surface area contributed by atoms with E-state index in [-0.39, 0.29) is 28.2 Å². The molecule has 0 radical (unpaired) electrons. The van der Waals surface area contributed by atoms with Crippen LogP contribution < -0.4 is 0 Å². The first-order valence-corrected chi connectivity index (χ1v) is 19.3. The number of aromatic nitrogens is 1. The van der Waals surface area contributed by atoms with E-state index in [0.717, 1.165) is 73.2 Å². The van der Waals surface area contributed by atoms with Gasteiger partial charge in [-0.2, -0.15) is 13.2 Å². The largest absolute Gasteiger partial charge is 0.417 e. The van der Waals surface area contributed by atoms with Crippen LogP contribution in [-0.2, 0) is 24.6 Å². The Morgan fingerprint density at radius 3 is 2.22 bits per heavy atom. The number of halogens is 3. The van der Waals surface area contributed by atoms with Gasteiger partial charge in [-0.25, -0.2) is 0 Å². The Morgan fingerprint density at radius 2 is 1.65 bits per heavy atom. The van der Waals surface area contributed by atoms with Gasteiger partial charge >= 0.3 is 6.18 Å². The van der Waals surface area contributed by atoms with Crippen molar-refractivity contribution in [2.75, 3.05) is 38.9 Å². The first-order chi connectivity index (χ1) is 21.6. The summed E-state index contributed by atoms with van der Waals surface area (Å²) in [5.41, 5.74) is 2.94. The summed E-state index contributed by atoms with van der Waals surface area (Å²) in [6.07, 6.45) is 7.90. The number of ether oxygens (including phenoxy) is 3. The Morgan fingerprint density at radius 1 is 0.978 bits per heavy atom. The van der Waals surface area contributed by atoms with Gasteiger partial charge < -0.3 is 18.4 Å². The molecule has 0 aromatic carbocycles. The zero-order valence-corrected chi connectivity index (χ0v) is 28.6. The number of nitrogens with zero attached hydrogens (tertiary/aromatic N) is 2. The number of rotatable bonds is 4. The molecule has 3 saturated heterocycles. The topological polar surface area (TPSA) is 73.3 Å². The summed E-state index contributed by atoms with van der Waals surface area (Å²) in [5.74, 6) is 0.0242. The molecule has 7 rings (SSSR count). The van der Waals surface area contributed by atoms with E-state index in [9.17, 15) is 18.4 Å². The third-order valence-corrected chi connectivity index (χ3v) is 15.6. The molecule has 1 aromatic heterocycles. The van der Waals surface area contributed by atoms with Gasteiger partial charge in [-0.05, 0) is 79.7 Å². The maximum atomic E-state index is 13.6. The first-order valence-electron chi connectivity index (χ1n) is 16.9. The lowest BCUT2D eigenvalue weighted by Gasteiger charge is -2.58. The van der Waals surface area contributed by atoms with Crippen molar-refractivity contribution in [3.63, 3.8) is 0 Å². The molecule has 256 valence electrons. The van der Waals surface area contributed by atoms with Gasteiger partial charge in [-0.3, -0.25) is 15.3 Å². The molecule has 0 amide bonds. The van der Waals surface area contributed by atoms with E-state index in [0.29, 0.717) is 45.0 Å². The molecule has 4 aliphatic heterocycles. The van der Waals surface area contributed by atoms with E-state index in [2.05, 4.69) is 38.3 Å². The van der Waals surface area contributed by atoms with Crippen molar-refractivity contribution in [3.05, 3.63) is 52.0 Å². The van der Waals surface area contributed by atoms with Crippen molar-refractivity contribution in [2.24, 2.45) is 11.3 Å². The third-order valence-electron chi connectivity index (χ3n) is 11.9. The van der Waals surface area contributed by atoms with Crippen LogP contribution in [0.15, 0.2) is 40.7 Å². The minimum atomic E-state index is -4.49. The molecule has 46 heavy (non-hydrogen) atoms. The second kappa shape index (κ2) is 11.5. The predicted octanol–water partition coefficient (Wildman–Crippen LogP) is 7.90. The normalized spacial score (nSPS) is 30.5. The molecule has 3 unspecified atom stereocenters. The number of hydrogen-bond donors (Lipinski definition) is 1. The maximum absolute atomic E-state index is 13.6. The van der Waals surface area contributed by atoms with E-state index < -0.39 is 33.8 Å². The molecular formula is C35H49F3N2O5S. The molecule has 1 N–H and O–H groups in total. The number of pyridine rings is 1. The second-order valence-corrected chi connectivity index (χ2v) is 19.5. The van der Waals surface area contributed by atoms with E-state index >= 15 is 0 Å². The Kier molecular flexibility index (Phi) is 8.21. The number of hydrogen-bond acceptors (Lipinski definition) is 7. The average molecular weight is 667 g/mol. The highest BCUT2D eigenvalue weighted by Crippen LogP contribution is 2.65. The Labute approximate surface area is 272 Å². The van der Waals surface area contributed by atoms with Gasteiger partial charge in [0, 0.05) is 61.7 Å². The van der Waals surface area contributed by atoms with Gasteiger partial charge in [0.2, 0.25) is 0 Å². The first kappa shape index (κ1) is 32.9. The van der Waals surface area contributed by atoms with Crippen LogP contribution in [0.3, 0.4) is 0 Å². The molecular weight excluding hydrogens is 617 g/mol. The summed E-state index contributed by atoms with van der Waals surface area (Å²) in [5, 5.41) is 14.0. The molecule has 7 nitrogen and oxygen atoms in total. The second-order valence-electron chi connectivity index (χ2n) is 15.6. The van der Waals surface area contributed by atoms with Crippen molar-refractivity contribution in [1.29, 1.82) is 0 Å². The molecule has 2 spiro atoms. The highest BCUT2D eigenvalue weighted by atomic mass is 32.3. The smallest absolute Gasteiger partial charge is 0.381 e. The number of alkyl halides is 3. The van der Waals surface area contributed by atoms with Crippen molar-refractivity contribution >= 4 is 10.3 Å². The highest BCUT2D eigenvalue weighted by Gasteiger charge is 2.60. The molecule has 3 atom stereocenters. The monoisotopic (exact) mass is 666 g/mol. The molecule has 5 heterocycles. The van der Waals surface area contributed by atoms with Gasteiger partial charge in [-0.15, -0.1) is 10.3 Å². The van der Waals surface area contributed by atoms with Crippen LogP contribution in [0, 0.1) is 11.3 Å². The van der Waals surface area contributed by atoms with Crippen molar-refractivity contribution in [1.82, 2.24) is 10.0 Å². The van der Waals surface area contributed by atoms with E-state index in [4.69, 9.17) is 18.4 Å². The minimum absolute atomic E-state index is 0.0242. The highest BCUT2D eigenvalue weighted by molar-refractivity contribution is 8.29. The van der Waals surface area contributed by atoms with Crippen LogP contribution in [0.4, 0.5) is 13.2 Å². The number of fused-ring (bicyclic) bond motifs is 3. The fourth-order valence-electron chi connectivity index (χ4n) is 8.55. The lowest BCUT2D eigenvalue weighted by molar-refractivity contribution is -0.138. The van der Waals surface area contributed by atoms with Crippen LogP contribution >= 0.6 is 10.3 Å². The van der Waals surface area contributed by atoms with Gasteiger partial charge in [0.25, 0.3) is 0 Å². The summed E-state index contributed by atoms with van der Waals surface area (Å²) in [6, 6.07) is 2.28. The SMILES string of the molecule is CC(C)(C)S(C)(C)OC1CC2(CCC2)CC2C1=C1C(=C(C3CCOCC3)N2O)C(c2ccc(C(F)(F)F)cn2)OC12CCOCC2. The van der Waals surface area contributed by atoms with Crippen LogP contribution in [0.2, 0.25) is 0 Å². The third kappa shape index (κ3) is 5.45. The van der Waals surface area contributed by atoms with Gasteiger partial charge in [-0.1, -0.05) is 27.2 Å². The standard InChI is InChI=1S/C35H49F3N2O5S/c1-32(2,3)46(4,5)45-26-20-33(11-6-12-33)19-25-27(26)29-28(30(40(25)41)22-9-15-42-16-10-22)31(44-34(29)13-17-43-18-14-34)24-8-7-23(21-39-24)35(36,37)38/h7-8,21-22,25-26,31,41H,6,9-20H2,1-5H3. The summed E-state index contributed by atoms with van der Waals surface area (Å²) < 4.78 is 66.8. The van der Waals surface area contributed by atoms with E-state index in [1.54, 1.807) is 0 Å². The quantitative estimate of drug-likeness (QED) is 0.350. The van der Waals surface area contributed by atoms with Crippen molar-refractivity contribution in [3.8, 4) is 0 Å². The van der Waals surface area contributed by atoms with Crippen LogP contribution in [0.1, 0.15) is 95.9 Å². The van der Waals surface area contributed by atoms with Crippen LogP contribution in [-0.4, -0.2) is 76.7 Å². The Balaban J connectivity index is 1.45. The molecule has 0 bridgehead atoms. The van der Waals surface area contributed by atoms with Crippen LogP contribution in [0.5, 0.6) is 0 Å². The Bertz CT molecular complexity index is 1390. The van der Waals surface area contributed by atoms with E-state index in [1.807, 2.05) is 0 Å². The van der Waals surface area contributed by atoms with Gasteiger partial charge in [0.05, 0.1) is 34.7 Å². The van der Waals surface area contributed by atoms with Gasteiger partial charge in [0.1, 0.15) is 6.10 Å². The maximum Gasteiger partial charge on any atom is 0.417 e. The minimum Gasteiger partial charge on any atom is -0.381 e. The fourth-order valence-corrected chi connectivity index (χ4v) is 9.59. The summed E-state index contributed by atoms with van der Waals surface area (Å²) >= 11 is 0. The fraction of sp³-hybridized carbons (Fsp3) is 0.743. The van der Waals surface area contributed by atoms with Crippen molar-refractivity contribution in [2.45, 2.75) is 113 Å². The molecule has 2 aliphatic carbocycles. The summed E-state index contributed by atoms with van der Waals surface area (Å²) in [6.45, 7) is 8.92. The number of hydroxylamine groups is 2. The number of allylic oxidation sites excluding steroid dienone is 1. The molecule has 6 aliphatic rings. The summed E-state index contributed by atoms with van der Waals surface area (Å²) in [4.78, 5) is 4.38. The molecule has 11 heteroatoms. The lowest BCUT2D eigenvalue weighted by atomic mass is 9.56.